The van der Waals surface area contributed by atoms with Crippen molar-refractivity contribution in [2.24, 2.45) is 0 Å². The first kappa shape index (κ1) is 9.94. The van der Waals surface area contributed by atoms with E-state index in [0.717, 1.165) is 29.2 Å². The molecule has 0 aliphatic heterocycles. The molecule has 0 bridgehead atoms. The van der Waals surface area contributed by atoms with E-state index in [1.807, 2.05) is 12.1 Å². The Morgan fingerprint density at radius 1 is 1.53 bits per heavy atom. The maximum Gasteiger partial charge on any atom is 0.137 e. The van der Waals surface area contributed by atoms with Crippen molar-refractivity contribution in [1.82, 2.24) is 5.16 Å². The number of aryl methyl sites for hydroxylation is 1. The highest BCUT2D eigenvalue weighted by molar-refractivity contribution is 7.15. The molecule has 3 nitrogen and oxygen atoms in total. The predicted octanol–water partition coefficient (Wildman–Crippen LogP) is 3.23. The Labute approximate surface area is 91.9 Å². The van der Waals surface area contributed by atoms with Gasteiger partial charge in [0.05, 0.1) is 4.88 Å². The van der Waals surface area contributed by atoms with Crippen LogP contribution in [0, 0.1) is 11.3 Å². The zero-order valence-corrected chi connectivity index (χ0v) is 9.17. The van der Waals surface area contributed by atoms with Gasteiger partial charge in [-0.1, -0.05) is 12.1 Å². The van der Waals surface area contributed by atoms with Gasteiger partial charge in [0, 0.05) is 12.5 Å². The van der Waals surface area contributed by atoms with E-state index < -0.39 is 0 Å². The number of hydrogen-bond acceptors (Lipinski definition) is 4. The smallest absolute Gasteiger partial charge is 0.137 e. The second-order valence-corrected chi connectivity index (χ2v) is 4.29. The molecule has 0 saturated carbocycles. The summed E-state index contributed by atoms with van der Waals surface area (Å²) in [6.45, 7) is 2.10. The summed E-state index contributed by atoms with van der Waals surface area (Å²) in [6, 6.07) is 7.75. The summed E-state index contributed by atoms with van der Waals surface area (Å²) in [6.07, 6.45) is 1.95. The highest BCUT2D eigenvalue weighted by Gasteiger charge is 2.08. The molecule has 0 aliphatic carbocycles. The molecule has 0 radical (unpaired) electrons. The Balaban J connectivity index is 2.25. The van der Waals surface area contributed by atoms with Gasteiger partial charge in [0.1, 0.15) is 22.4 Å². The van der Waals surface area contributed by atoms with Crippen molar-refractivity contribution in [2.75, 3.05) is 0 Å². The third-order valence-electron chi connectivity index (χ3n) is 2.02. The lowest BCUT2D eigenvalue weighted by Crippen LogP contribution is -1.75. The van der Waals surface area contributed by atoms with Gasteiger partial charge in [-0.15, -0.1) is 11.3 Å². The van der Waals surface area contributed by atoms with Crippen LogP contribution in [0.1, 0.15) is 24.0 Å². The topological polar surface area (TPSA) is 49.8 Å². The van der Waals surface area contributed by atoms with Crippen LogP contribution in [0.15, 0.2) is 22.7 Å². The molecule has 0 fully saturated rings. The van der Waals surface area contributed by atoms with E-state index in [9.17, 15) is 0 Å². The van der Waals surface area contributed by atoms with Crippen LogP contribution in [0.2, 0.25) is 0 Å². The van der Waals surface area contributed by atoms with Gasteiger partial charge >= 0.3 is 0 Å². The fraction of sp³-hybridized carbons (Fsp3) is 0.273. The zero-order chi connectivity index (χ0) is 10.7. The van der Waals surface area contributed by atoms with Crippen LogP contribution in [-0.4, -0.2) is 5.16 Å². The van der Waals surface area contributed by atoms with Crippen LogP contribution in [0.4, 0.5) is 0 Å². The van der Waals surface area contributed by atoms with Gasteiger partial charge in [-0.05, 0) is 18.6 Å². The van der Waals surface area contributed by atoms with Crippen LogP contribution < -0.4 is 0 Å². The van der Waals surface area contributed by atoms with Crippen molar-refractivity contribution in [3.8, 4) is 16.6 Å². The van der Waals surface area contributed by atoms with Gasteiger partial charge in [-0.25, -0.2) is 0 Å². The molecule has 0 atom stereocenters. The van der Waals surface area contributed by atoms with Gasteiger partial charge in [0.2, 0.25) is 0 Å². The van der Waals surface area contributed by atoms with E-state index in [1.165, 1.54) is 11.3 Å². The maximum atomic E-state index is 8.70. The Bertz CT molecular complexity index is 493. The SMILES string of the molecule is CCCc1cc(-c2ccc(C#N)s2)no1. The lowest BCUT2D eigenvalue weighted by atomic mass is 10.2. The highest BCUT2D eigenvalue weighted by Crippen LogP contribution is 2.27. The summed E-state index contributed by atoms with van der Waals surface area (Å²) in [7, 11) is 0. The van der Waals surface area contributed by atoms with Gasteiger partial charge in [0.25, 0.3) is 0 Å². The van der Waals surface area contributed by atoms with Crippen LogP contribution in [0.3, 0.4) is 0 Å². The molecule has 0 amide bonds. The Kier molecular flexibility index (Phi) is 2.84. The fourth-order valence-electron chi connectivity index (χ4n) is 1.33. The molecular weight excluding hydrogens is 208 g/mol. The van der Waals surface area contributed by atoms with Crippen molar-refractivity contribution in [2.45, 2.75) is 19.8 Å². The molecule has 4 heteroatoms. The third kappa shape index (κ3) is 2.08. The average Bonchev–Trinajstić information content (AvgIpc) is 2.85. The fourth-order valence-corrected chi connectivity index (χ4v) is 2.08. The van der Waals surface area contributed by atoms with Gasteiger partial charge in [-0.2, -0.15) is 5.26 Å². The van der Waals surface area contributed by atoms with Crippen molar-refractivity contribution < 1.29 is 4.52 Å². The summed E-state index contributed by atoms with van der Waals surface area (Å²) in [5.74, 6) is 0.902. The zero-order valence-electron chi connectivity index (χ0n) is 8.36. The number of nitriles is 1. The quantitative estimate of drug-likeness (QED) is 0.794. The summed E-state index contributed by atoms with van der Waals surface area (Å²) < 4.78 is 5.18. The number of hydrogen-bond donors (Lipinski definition) is 0. The van der Waals surface area contributed by atoms with E-state index in [-0.39, 0.29) is 0 Å². The lowest BCUT2D eigenvalue weighted by Gasteiger charge is -1.85. The molecule has 0 aromatic carbocycles. The van der Waals surface area contributed by atoms with Crippen molar-refractivity contribution in [3.63, 3.8) is 0 Å². The van der Waals surface area contributed by atoms with E-state index in [0.29, 0.717) is 4.88 Å². The molecule has 2 aromatic rings. The summed E-state index contributed by atoms with van der Waals surface area (Å²) >= 11 is 1.43. The molecule has 0 N–H and O–H groups in total. The molecule has 2 rings (SSSR count). The Morgan fingerprint density at radius 3 is 3.07 bits per heavy atom. The normalized spacial score (nSPS) is 10.1. The van der Waals surface area contributed by atoms with E-state index in [4.69, 9.17) is 9.78 Å². The Morgan fingerprint density at radius 2 is 2.40 bits per heavy atom. The predicted molar refractivity (Wildman–Crippen MR) is 58.5 cm³/mol. The van der Waals surface area contributed by atoms with Gasteiger partial charge < -0.3 is 4.52 Å². The van der Waals surface area contributed by atoms with Crippen LogP contribution in [0.5, 0.6) is 0 Å². The van der Waals surface area contributed by atoms with Gasteiger partial charge in [0.15, 0.2) is 0 Å². The Hall–Kier alpha value is -1.60. The van der Waals surface area contributed by atoms with Crippen LogP contribution >= 0.6 is 11.3 Å². The number of rotatable bonds is 3. The van der Waals surface area contributed by atoms with E-state index in [2.05, 4.69) is 18.1 Å². The second-order valence-electron chi connectivity index (χ2n) is 3.20. The summed E-state index contributed by atoms with van der Waals surface area (Å²) in [4.78, 5) is 1.68. The molecule has 15 heavy (non-hydrogen) atoms. The average molecular weight is 218 g/mol. The third-order valence-corrected chi connectivity index (χ3v) is 3.04. The summed E-state index contributed by atoms with van der Waals surface area (Å²) in [5, 5.41) is 12.7. The maximum absolute atomic E-state index is 8.70. The molecule has 0 spiro atoms. The molecule has 2 heterocycles. The lowest BCUT2D eigenvalue weighted by molar-refractivity contribution is 0.384. The van der Waals surface area contributed by atoms with Crippen LogP contribution in [-0.2, 0) is 6.42 Å². The number of aromatic nitrogens is 1. The van der Waals surface area contributed by atoms with Crippen molar-refractivity contribution in [1.29, 1.82) is 5.26 Å². The van der Waals surface area contributed by atoms with Crippen LogP contribution in [0.25, 0.3) is 10.6 Å². The first-order valence-electron chi connectivity index (χ1n) is 4.79. The first-order valence-corrected chi connectivity index (χ1v) is 5.61. The summed E-state index contributed by atoms with van der Waals surface area (Å²) in [5.41, 5.74) is 0.824. The first-order chi connectivity index (χ1) is 7.33. The van der Waals surface area contributed by atoms with Crippen molar-refractivity contribution >= 4 is 11.3 Å². The molecule has 76 valence electrons. The molecule has 0 aliphatic rings. The number of nitrogens with zero attached hydrogens (tertiary/aromatic N) is 2. The molecule has 0 unspecified atom stereocenters. The molecular formula is C11H10N2OS. The monoisotopic (exact) mass is 218 g/mol. The highest BCUT2D eigenvalue weighted by atomic mass is 32.1. The number of thiophene rings is 1. The van der Waals surface area contributed by atoms with Crippen molar-refractivity contribution in [3.05, 3.63) is 28.8 Å². The molecule has 0 saturated heterocycles. The largest absolute Gasteiger partial charge is 0.361 e. The minimum absolute atomic E-state index is 0.699. The molecule has 2 aromatic heterocycles. The minimum atomic E-state index is 0.699. The minimum Gasteiger partial charge on any atom is -0.361 e. The van der Waals surface area contributed by atoms with E-state index >= 15 is 0 Å². The van der Waals surface area contributed by atoms with E-state index in [1.54, 1.807) is 6.07 Å². The standard InChI is InChI=1S/C11H10N2OS/c1-2-3-8-6-10(13-14-8)11-5-4-9(7-12)15-11/h4-6H,2-3H2,1H3. The second kappa shape index (κ2) is 4.28. The van der Waals surface area contributed by atoms with Gasteiger partial charge in [-0.3, -0.25) is 0 Å².